The number of nitrogens with zero attached hydrogens (tertiary/aromatic N) is 3. The van der Waals surface area contributed by atoms with E-state index >= 15 is 0 Å². The highest BCUT2D eigenvalue weighted by molar-refractivity contribution is 7.17. The third-order valence-corrected chi connectivity index (χ3v) is 7.46. The molecule has 1 aromatic carbocycles. The summed E-state index contributed by atoms with van der Waals surface area (Å²) >= 11 is 1.30. The van der Waals surface area contributed by atoms with Gasteiger partial charge in [-0.25, -0.2) is 14.3 Å². The molecule has 4 aromatic rings. The molecule has 1 aliphatic rings. The molecule has 1 aliphatic carbocycles. The number of hydrogen-bond acceptors (Lipinski definition) is 6. The van der Waals surface area contributed by atoms with Crippen molar-refractivity contribution in [3.8, 4) is 11.3 Å². The Morgan fingerprint density at radius 1 is 1.24 bits per heavy atom. The van der Waals surface area contributed by atoms with Gasteiger partial charge in [-0.3, -0.25) is 4.79 Å². The van der Waals surface area contributed by atoms with Crippen LogP contribution in [0.1, 0.15) is 57.1 Å². The molecule has 0 saturated carbocycles. The fourth-order valence-corrected chi connectivity index (χ4v) is 5.90. The van der Waals surface area contributed by atoms with Gasteiger partial charge in [-0.1, -0.05) is 37.3 Å². The van der Waals surface area contributed by atoms with Crippen molar-refractivity contribution in [2.75, 3.05) is 11.9 Å². The first kappa shape index (κ1) is 24.9. The predicted octanol–water partition coefficient (Wildman–Crippen LogP) is 6.03. The van der Waals surface area contributed by atoms with E-state index in [4.69, 9.17) is 4.74 Å². The zero-order valence-electron chi connectivity index (χ0n) is 20.1. The fourth-order valence-electron chi connectivity index (χ4n) is 4.51. The third-order valence-electron chi connectivity index (χ3n) is 6.29. The van der Waals surface area contributed by atoms with Gasteiger partial charge in [-0.2, -0.15) is 18.3 Å². The number of carbonyl (C=O) groups is 2. The third kappa shape index (κ3) is 4.71. The van der Waals surface area contributed by atoms with E-state index in [1.165, 1.54) is 11.3 Å². The van der Waals surface area contributed by atoms with E-state index in [9.17, 15) is 22.8 Å². The van der Waals surface area contributed by atoms with Crippen LogP contribution in [0.5, 0.6) is 0 Å². The molecule has 0 saturated heterocycles. The summed E-state index contributed by atoms with van der Waals surface area (Å²) in [6.45, 7) is 4.00. The number of alkyl halides is 3. The van der Waals surface area contributed by atoms with Gasteiger partial charge in [0.05, 0.1) is 24.1 Å². The van der Waals surface area contributed by atoms with Crippen LogP contribution < -0.4 is 5.32 Å². The monoisotopic (exact) mass is 528 g/mol. The molecule has 37 heavy (non-hydrogen) atoms. The van der Waals surface area contributed by atoms with Gasteiger partial charge in [-0.15, -0.1) is 11.3 Å². The lowest BCUT2D eigenvalue weighted by atomic mass is 9.88. The van der Waals surface area contributed by atoms with Gasteiger partial charge in [0.1, 0.15) is 10.6 Å². The Morgan fingerprint density at radius 3 is 2.70 bits per heavy atom. The SMILES string of the molecule is CCOC(=O)c1c(NC(=O)c2cnn3c(C(F)(F)F)cc(-c4ccccc4)nc23)sc2c1CC[C@@H](C)C2. The van der Waals surface area contributed by atoms with E-state index in [1.807, 2.05) is 0 Å². The maximum atomic E-state index is 13.9. The summed E-state index contributed by atoms with van der Waals surface area (Å²) in [5, 5.41) is 6.88. The Hall–Kier alpha value is -3.73. The molecule has 0 fully saturated rings. The van der Waals surface area contributed by atoms with Gasteiger partial charge in [0.15, 0.2) is 11.3 Å². The van der Waals surface area contributed by atoms with Crippen LogP contribution in [-0.4, -0.2) is 33.1 Å². The molecule has 192 valence electrons. The smallest absolute Gasteiger partial charge is 0.433 e. The molecule has 1 atom stereocenters. The number of carbonyl (C=O) groups excluding carboxylic acids is 2. The number of rotatable bonds is 5. The molecule has 0 aliphatic heterocycles. The van der Waals surface area contributed by atoms with E-state index in [0.717, 1.165) is 35.5 Å². The van der Waals surface area contributed by atoms with Crippen molar-refractivity contribution < 1.29 is 27.5 Å². The molecule has 0 spiro atoms. The normalized spacial score (nSPS) is 15.4. The van der Waals surface area contributed by atoms with Gasteiger partial charge < -0.3 is 10.1 Å². The van der Waals surface area contributed by atoms with E-state index in [2.05, 4.69) is 22.3 Å². The number of amides is 1. The molecule has 3 heterocycles. The first-order chi connectivity index (χ1) is 17.7. The number of esters is 1. The number of halogens is 3. The van der Waals surface area contributed by atoms with Crippen molar-refractivity contribution in [2.24, 2.45) is 5.92 Å². The zero-order valence-corrected chi connectivity index (χ0v) is 20.9. The van der Waals surface area contributed by atoms with Gasteiger partial charge in [0, 0.05) is 10.4 Å². The van der Waals surface area contributed by atoms with Crippen LogP contribution in [0.15, 0.2) is 42.6 Å². The number of hydrogen-bond donors (Lipinski definition) is 1. The summed E-state index contributed by atoms with van der Waals surface area (Å²) in [6.07, 6.45) is -1.31. The highest BCUT2D eigenvalue weighted by atomic mass is 32.1. The van der Waals surface area contributed by atoms with Crippen molar-refractivity contribution in [3.05, 3.63) is 69.9 Å². The fraction of sp³-hybridized carbons (Fsp3) is 0.308. The molecule has 0 radical (unpaired) electrons. The first-order valence-corrected chi connectivity index (χ1v) is 12.6. The maximum Gasteiger partial charge on any atom is 0.433 e. The number of anilines is 1. The van der Waals surface area contributed by atoms with Crippen LogP contribution in [0, 0.1) is 5.92 Å². The lowest BCUT2D eigenvalue weighted by Gasteiger charge is -2.18. The van der Waals surface area contributed by atoms with E-state index < -0.39 is 23.7 Å². The molecular weight excluding hydrogens is 505 g/mol. The highest BCUT2D eigenvalue weighted by Crippen LogP contribution is 2.40. The molecule has 3 aromatic heterocycles. The summed E-state index contributed by atoms with van der Waals surface area (Å²) in [7, 11) is 0. The van der Waals surface area contributed by atoms with Gasteiger partial charge >= 0.3 is 12.1 Å². The summed E-state index contributed by atoms with van der Waals surface area (Å²) in [5.41, 5.74) is 0.267. The molecule has 11 heteroatoms. The molecule has 5 rings (SSSR count). The highest BCUT2D eigenvalue weighted by Gasteiger charge is 2.36. The molecule has 7 nitrogen and oxygen atoms in total. The molecule has 1 amide bonds. The van der Waals surface area contributed by atoms with Crippen LogP contribution in [-0.2, 0) is 23.8 Å². The Bertz CT molecular complexity index is 1490. The standard InChI is InChI=1S/C26H23F3N4O3S/c1-3-36-25(35)21-16-10-9-14(2)11-19(16)37-24(21)32-23(34)17-13-30-33-20(26(27,28)29)12-18(31-22(17)33)15-7-5-4-6-8-15/h4-8,12-14H,3,9-11H2,1-2H3,(H,32,34)/t14-/m1/s1. The lowest BCUT2D eigenvalue weighted by molar-refractivity contribution is -0.142. The average molecular weight is 529 g/mol. The van der Waals surface area contributed by atoms with Crippen molar-refractivity contribution in [1.82, 2.24) is 14.6 Å². The van der Waals surface area contributed by atoms with Crippen LogP contribution >= 0.6 is 11.3 Å². The van der Waals surface area contributed by atoms with Crippen LogP contribution in [0.2, 0.25) is 0 Å². The van der Waals surface area contributed by atoms with Crippen molar-refractivity contribution >= 4 is 33.9 Å². The summed E-state index contributed by atoms with van der Waals surface area (Å²) in [5.74, 6) is -0.808. The minimum atomic E-state index is -4.73. The number of aromatic nitrogens is 3. The quantitative estimate of drug-likeness (QED) is 0.320. The lowest BCUT2D eigenvalue weighted by Crippen LogP contribution is -2.17. The second kappa shape index (κ2) is 9.62. The molecule has 1 N–H and O–H groups in total. The number of thiophene rings is 1. The second-order valence-corrected chi connectivity index (χ2v) is 10.0. The number of benzene rings is 1. The second-order valence-electron chi connectivity index (χ2n) is 8.91. The van der Waals surface area contributed by atoms with Crippen LogP contribution in [0.4, 0.5) is 18.2 Å². The Labute approximate surface area is 214 Å². The van der Waals surface area contributed by atoms with E-state index in [1.54, 1.807) is 37.3 Å². The van der Waals surface area contributed by atoms with Crippen molar-refractivity contribution in [3.63, 3.8) is 0 Å². The maximum absolute atomic E-state index is 13.9. The average Bonchev–Trinajstić information content (AvgIpc) is 3.44. The van der Waals surface area contributed by atoms with E-state index in [-0.39, 0.29) is 23.5 Å². The van der Waals surface area contributed by atoms with Gasteiger partial charge in [0.25, 0.3) is 5.91 Å². The topological polar surface area (TPSA) is 85.6 Å². The molecular formula is C26H23F3N4O3S. The van der Waals surface area contributed by atoms with E-state index in [0.29, 0.717) is 33.0 Å². The van der Waals surface area contributed by atoms with Crippen molar-refractivity contribution in [2.45, 2.75) is 39.3 Å². The van der Waals surface area contributed by atoms with Crippen LogP contribution in [0.25, 0.3) is 16.9 Å². The molecule has 0 bridgehead atoms. The predicted molar refractivity (Wildman–Crippen MR) is 133 cm³/mol. The Morgan fingerprint density at radius 2 is 2.00 bits per heavy atom. The Balaban J connectivity index is 1.59. The number of ether oxygens (including phenoxy) is 1. The van der Waals surface area contributed by atoms with Gasteiger partial charge in [-0.05, 0) is 43.7 Å². The number of nitrogens with one attached hydrogen (secondary N) is 1. The minimum Gasteiger partial charge on any atom is -0.462 e. The minimum absolute atomic E-state index is 0.0581. The number of fused-ring (bicyclic) bond motifs is 2. The summed E-state index contributed by atoms with van der Waals surface area (Å²) in [4.78, 5) is 31.5. The van der Waals surface area contributed by atoms with Gasteiger partial charge in [0.2, 0.25) is 0 Å². The molecule has 0 unspecified atom stereocenters. The van der Waals surface area contributed by atoms with Crippen LogP contribution in [0.3, 0.4) is 0 Å². The largest absolute Gasteiger partial charge is 0.462 e. The first-order valence-electron chi connectivity index (χ1n) is 11.8. The Kier molecular flexibility index (Phi) is 6.49. The summed E-state index contributed by atoms with van der Waals surface area (Å²) in [6, 6.07) is 9.30. The van der Waals surface area contributed by atoms with Crippen molar-refractivity contribution in [1.29, 1.82) is 0 Å². The summed E-state index contributed by atoms with van der Waals surface area (Å²) < 4.78 is 47.6. The zero-order chi connectivity index (χ0) is 26.3.